The van der Waals surface area contributed by atoms with Crippen LogP contribution in [0, 0.1) is 0 Å². The summed E-state index contributed by atoms with van der Waals surface area (Å²) >= 11 is 7.53. The highest BCUT2D eigenvalue weighted by Gasteiger charge is 2.23. The smallest absolute Gasteiger partial charge is 0.254 e. The van der Waals surface area contributed by atoms with Gasteiger partial charge in [0.2, 0.25) is 12.7 Å². The summed E-state index contributed by atoms with van der Waals surface area (Å²) in [6.07, 6.45) is 1.61. The van der Waals surface area contributed by atoms with E-state index in [0.29, 0.717) is 35.2 Å². The van der Waals surface area contributed by atoms with Crippen LogP contribution in [0.3, 0.4) is 0 Å². The van der Waals surface area contributed by atoms with E-state index in [1.807, 2.05) is 35.7 Å². The third kappa shape index (κ3) is 5.74. The third-order valence-electron chi connectivity index (χ3n) is 5.14. The fourth-order valence-corrected chi connectivity index (χ4v) is 4.34. The number of halogens is 1. The minimum absolute atomic E-state index is 0.0661. The lowest BCUT2D eigenvalue weighted by molar-refractivity contribution is -0.133. The molecule has 0 aliphatic carbocycles. The monoisotopic (exact) mass is 482 g/mol. The van der Waals surface area contributed by atoms with Crippen LogP contribution in [-0.4, -0.2) is 41.5 Å². The number of carbonyl (C=O) groups excluding carboxylic acids is 2. The zero-order valence-electron chi connectivity index (χ0n) is 17.9. The fourth-order valence-electron chi connectivity index (χ4n) is 3.50. The predicted molar refractivity (Wildman–Crippen MR) is 129 cm³/mol. The van der Waals surface area contributed by atoms with Crippen molar-refractivity contribution in [1.82, 2.24) is 9.80 Å². The summed E-state index contributed by atoms with van der Waals surface area (Å²) in [5.41, 5.74) is 1.39. The number of nitrogens with zero attached hydrogens (tertiary/aromatic N) is 2. The molecular formula is C25H23ClN2O4S. The Morgan fingerprint density at radius 2 is 1.82 bits per heavy atom. The van der Waals surface area contributed by atoms with E-state index in [1.165, 1.54) is 4.90 Å². The molecule has 2 heterocycles. The average molecular weight is 483 g/mol. The summed E-state index contributed by atoms with van der Waals surface area (Å²) in [6.45, 7) is 4.95. The van der Waals surface area contributed by atoms with Gasteiger partial charge in [0.25, 0.3) is 5.91 Å². The van der Waals surface area contributed by atoms with E-state index in [4.69, 9.17) is 21.1 Å². The van der Waals surface area contributed by atoms with Gasteiger partial charge in [0.15, 0.2) is 11.5 Å². The highest BCUT2D eigenvalue weighted by Crippen LogP contribution is 2.33. The first kappa shape index (κ1) is 22.9. The second-order valence-corrected chi connectivity index (χ2v) is 8.97. The number of carbonyl (C=O) groups is 2. The van der Waals surface area contributed by atoms with Crippen molar-refractivity contribution < 1.29 is 19.1 Å². The second-order valence-electron chi connectivity index (χ2n) is 7.50. The van der Waals surface area contributed by atoms with E-state index in [0.717, 1.165) is 10.4 Å². The molecule has 6 nitrogen and oxygen atoms in total. The zero-order chi connectivity index (χ0) is 23.2. The van der Waals surface area contributed by atoms with Crippen LogP contribution in [0.1, 0.15) is 20.8 Å². The van der Waals surface area contributed by atoms with Gasteiger partial charge in [-0.15, -0.1) is 17.9 Å². The quantitative estimate of drug-likeness (QED) is 0.403. The summed E-state index contributed by atoms with van der Waals surface area (Å²) in [5, 5.41) is 2.52. The Hall–Kier alpha value is -3.29. The lowest BCUT2D eigenvalue weighted by Crippen LogP contribution is -2.42. The maximum absolute atomic E-state index is 13.4. The van der Waals surface area contributed by atoms with E-state index in [-0.39, 0.29) is 31.7 Å². The molecule has 0 spiro atoms. The van der Waals surface area contributed by atoms with E-state index in [1.54, 1.807) is 46.6 Å². The standard InChI is InChI=1S/C25H23ClN2O4S/c1-2-11-27(25(30)19-6-8-20(26)9-7-19)16-24(29)28(15-21-4-3-12-33-21)14-18-5-10-22-23(13-18)32-17-31-22/h2-10,12-13H,1,11,14-17H2. The summed E-state index contributed by atoms with van der Waals surface area (Å²) in [4.78, 5) is 30.7. The molecule has 0 radical (unpaired) electrons. The van der Waals surface area contributed by atoms with Gasteiger partial charge < -0.3 is 19.3 Å². The topological polar surface area (TPSA) is 59.1 Å². The normalized spacial score (nSPS) is 11.8. The Labute approximate surface area is 201 Å². The first-order valence-corrected chi connectivity index (χ1v) is 11.6. The number of ether oxygens (including phenoxy) is 2. The highest BCUT2D eigenvalue weighted by molar-refractivity contribution is 7.09. The largest absolute Gasteiger partial charge is 0.454 e. The predicted octanol–water partition coefficient (Wildman–Crippen LogP) is 4.99. The molecular weight excluding hydrogens is 460 g/mol. The van der Waals surface area contributed by atoms with Crippen molar-refractivity contribution in [3.05, 3.63) is 93.7 Å². The van der Waals surface area contributed by atoms with E-state index in [9.17, 15) is 9.59 Å². The van der Waals surface area contributed by atoms with Crippen molar-refractivity contribution >= 4 is 34.8 Å². The summed E-state index contributed by atoms with van der Waals surface area (Å²) in [7, 11) is 0. The molecule has 0 fully saturated rings. The number of hydrogen-bond acceptors (Lipinski definition) is 5. The van der Waals surface area contributed by atoms with Crippen LogP contribution in [0.25, 0.3) is 0 Å². The van der Waals surface area contributed by atoms with E-state index in [2.05, 4.69) is 6.58 Å². The van der Waals surface area contributed by atoms with Gasteiger partial charge >= 0.3 is 0 Å². The molecule has 4 rings (SSSR count). The molecule has 170 valence electrons. The summed E-state index contributed by atoms with van der Waals surface area (Å²) in [5.74, 6) is 0.951. The summed E-state index contributed by atoms with van der Waals surface area (Å²) < 4.78 is 10.9. The Balaban J connectivity index is 1.53. The van der Waals surface area contributed by atoms with Gasteiger partial charge in [-0.05, 0) is 53.4 Å². The first-order valence-electron chi connectivity index (χ1n) is 10.4. The van der Waals surface area contributed by atoms with Crippen LogP contribution in [0.4, 0.5) is 0 Å². The minimum atomic E-state index is -0.251. The molecule has 8 heteroatoms. The van der Waals surface area contributed by atoms with Crippen LogP contribution in [0.5, 0.6) is 11.5 Å². The van der Waals surface area contributed by atoms with Crippen molar-refractivity contribution in [2.24, 2.45) is 0 Å². The van der Waals surface area contributed by atoms with Crippen LogP contribution in [0.15, 0.2) is 72.6 Å². The molecule has 2 aromatic carbocycles. The molecule has 1 aromatic heterocycles. The Morgan fingerprint density at radius 3 is 2.55 bits per heavy atom. The lowest BCUT2D eigenvalue weighted by Gasteiger charge is -2.27. The van der Waals surface area contributed by atoms with Crippen LogP contribution < -0.4 is 9.47 Å². The van der Waals surface area contributed by atoms with E-state index >= 15 is 0 Å². The Morgan fingerprint density at radius 1 is 1.03 bits per heavy atom. The number of hydrogen-bond donors (Lipinski definition) is 0. The number of rotatable bonds is 9. The lowest BCUT2D eigenvalue weighted by atomic mass is 10.1. The SMILES string of the molecule is C=CCN(CC(=O)N(Cc1ccc2c(c1)OCO2)Cc1cccs1)C(=O)c1ccc(Cl)cc1. The van der Waals surface area contributed by atoms with Gasteiger partial charge in [0.1, 0.15) is 6.54 Å². The molecule has 33 heavy (non-hydrogen) atoms. The third-order valence-corrected chi connectivity index (χ3v) is 6.26. The molecule has 0 bridgehead atoms. The average Bonchev–Trinajstić information content (AvgIpc) is 3.50. The number of amides is 2. The van der Waals surface area contributed by atoms with Crippen molar-refractivity contribution in [2.75, 3.05) is 19.9 Å². The van der Waals surface area contributed by atoms with Gasteiger partial charge in [-0.1, -0.05) is 29.8 Å². The molecule has 1 aliphatic heterocycles. The zero-order valence-corrected chi connectivity index (χ0v) is 19.5. The molecule has 0 N–H and O–H groups in total. The molecule has 0 unspecified atom stereocenters. The maximum atomic E-state index is 13.4. The molecule has 0 atom stereocenters. The van der Waals surface area contributed by atoms with Crippen LogP contribution in [-0.2, 0) is 17.9 Å². The van der Waals surface area contributed by atoms with Gasteiger partial charge in [0.05, 0.1) is 6.54 Å². The van der Waals surface area contributed by atoms with Crippen LogP contribution >= 0.6 is 22.9 Å². The maximum Gasteiger partial charge on any atom is 0.254 e. The molecule has 0 saturated carbocycles. The van der Waals surface area contributed by atoms with Crippen molar-refractivity contribution in [3.63, 3.8) is 0 Å². The summed E-state index contributed by atoms with van der Waals surface area (Å²) in [6, 6.07) is 16.2. The van der Waals surface area contributed by atoms with Gasteiger partial charge in [0, 0.05) is 28.6 Å². The minimum Gasteiger partial charge on any atom is -0.454 e. The highest BCUT2D eigenvalue weighted by atomic mass is 35.5. The first-order chi connectivity index (χ1) is 16.0. The number of fused-ring (bicyclic) bond motifs is 1. The Kier molecular flexibility index (Phi) is 7.32. The molecule has 0 saturated heterocycles. The van der Waals surface area contributed by atoms with Gasteiger partial charge in [-0.25, -0.2) is 0 Å². The molecule has 3 aromatic rings. The van der Waals surface area contributed by atoms with E-state index < -0.39 is 0 Å². The number of benzene rings is 2. The van der Waals surface area contributed by atoms with Gasteiger partial charge in [-0.3, -0.25) is 9.59 Å². The van der Waals surface area contributed by atoms with Crippen molar-refractivity contribution in [1.29, 1.82) is 0 Å². The second kappa shape index (κ2) is 10.6. The number of thiophene rings is 1. The molecule has 2 amide bonds. The molecule has 1 aliphatic rings. The van der Waals surface area contributed by atoms with Crippen molar-refractivity contribution in [2.45, 2.75) is 13.1 Å². The van der Waals surface area contributed by atoms with Gasteiger partial charge in [-0.2, -0.15) is 0 Å². The van der Waals surface area contributed by atoms with Crippen molar-refractivity contribution in [3.8, 4) is 11.5 Å². The van der Waals surface area contributed by atoms with Crippen LogP contribution in [0.2, 0.25) is 5.02 Å². The fraction of sp³-hybridized carbons (Fsp3) is 0.200. The Bertz CT molecular complexity index is 1130.